The Hall–Kier alpha value is -7.69. The molecule has 2 aliphatic rings. The summed E-state index contributed by atoms with van der Waals surface area (Å²) in [7, 11) is 0. The highest BCUT2D eigenvalue weighted by Crippen LogP contribution is 2.50. The van der Waals surface area contributed by atoms with Gasteiger partial charge in [0.15, 0.2) is 17.5 Å². The lowest BCUT2D eigenvalue weighted by Gasteiger charge is -2.19. The first kappa shape index (κ1) is 33.4. The van der Waals surface area contributed by atoms with Crippen molar-refractivity contribution in [2.24, 2.45) is 0 Å². The maximum Gasteiger partial charge on any atom is 0.164 e. The van der Waals surface area contributed by atoms with E-state index in [-0.39, 0.29) is 0 Å². The maximum atomic E-state index is 5.12. The van der Waals surface area contributed by atoms with E-state index in [0.717, 1.165) is 35.2 Å². The molecule has 0 saturated carbocycles. The fraction of sp³-hybridized carbons (Fsp3) is 0.0364. The minimum Gasteiger partial charge on any atom is -0.309 e. The van der Waals surface area contributed by atoms with Gasteiger partial charge in [-0.05, 0) is 111 Å². The highest BCUT2D eigenvalue weighted by molar-refractivity contribution is 6.31. The van der Waals surface area contributed by atoms with Crippen LogP contribution < -0.4 is 0 Å². The molecule has 2 aliphatic carbocycles. The molecule has 276 valence electrons. The van der Waals surface area contributed by atoms with Crippen LogP contribution in [0.3, 0.4) is 0 Å². The van der Waals surface area contributed by atoms with Crippen LogP contribution in [0, 0.1) is 0 Å². The second kappa shape index (κ2) is 13.5. The molecular weight excluding hydrogens is 717 g/mol. The first-order chi connectivity index (χ1) is 29.3. The lowest BCUT2D eigenvalue weighted by Crippen LogP contribution is -2.02. The average molecular weight is 753 g/mol. The lowest BCUT2D eigenvalue weighted by atomic mass is 9.85. The summed E-state index contributed by atoms with van der Waals surface area (Å²) in [4.78, 5) is 15.2. The Morgan fingerprint density at radius 1 is 0.407 bits per heavy atom. The van der Waals surface area contributed by atoms with Crippen molar-refractivity contribution in [3.8, 4) is 39.9 Å². The van der Waals surface area contributed by atoms with E-state index in [1.165, 1.54) is 77.1 Å². The van der Waals surface area contributed by atoms with Crippen LogP contribution in [0.1, 0.15) is 39.8 Å². The van der Waals surface area contributed by atoms with E-state index in [1.54, 1.807) is 0 Å². The van der Waals surface area contributed by atoms with Gasteiger partial charge in [0.25, 0.3) is 0 Å². The van der Waals surface area contributed by atoms with E-state index < -0.39 is 0 Å². The molecule has 59 heavy (non-hydrogen) atoms. The van der Waals surface area contributed by atoms with Crippen LogP contribution in [0.2, 0.25) is 0 Å². The molecule has 10 aromatic rings. The van der Waals surface area contributed by atoms with Crippen molar-refractivity contribution < 1.29 is 0 Å². The van der Waals surface area contributed by atoms with Crippen molar-refractivity contribution in [3.63, 3.8) is 0 Å². The molecule has 0 unspecified atom stereocenters. The van der Waals surface area contributed by atoms with Gasteiger partial charge in [-0.25, -0.2) is 15.0 Å². The Labute approximate surface area is 342 Å². The smallest absolute Gasteiger partial charge is 0.164 e. The lowest BCUT2D eigenvalue weighted by molar-refractivity contribution is 0.984. The molecule has 0 atom stereocenters. The van der Waals surface area contributed by atoms with Crippen molar-refractivity contribution >= 4 is 49.8 Å². The molecule has 0 bridgehead atoms. The monoisotopic (exact) mass is 752 g/mol. The zero-order chi connectivity index (χ0) is 38.9. The van der Waals surface area contributed by atoms with E-state index >= 15 is 0 Å². The normalized spacial score (nSPS) is 13.2. The summed E-state index contributed by atoms with van der Waals surface area (Å²) in [5.41, 5.74) is 16.3. The summed E-state index contributed by atoms with van der Waals surface area (Å²) in [5.74, 6) is 2.00. The second-order valence-electron chi connectivity index (χ2n) is 15.5. The van der Waals surface area contributed by atoms with Crippen LogP contribution in [0.5, 0.6) is 0 Å². The predicted octanol–water partition coefficient (Wildman–Crippen LogP) is 13.4. The highest BCUT2D eigenvalue weighted by Gasteiger charge is 2.28. The SMILES string of the molecule is C1=Cc2ccc(-c3nc(-c4ccccc4)nc(-c4ccc(-n5c6cccc7c6c6c8c(cccc8ccc65)C(c5ccccc5)=C7c5ccccc5)cc4)n3)cc2CC1. The molecule has 0 saturated heterocycles. The molecule has 4 nitrogen and oxygen atoms in total. The number of hydrogen-bond donors (Lipinski definition) is 0. The summed E-state index contributed by atoms with van der Waals surface area (Å²) in [6, 6.07) is 65.4. The molecule has 0 N–H and O–H groups in total. The number of aryl methyl sites for hydroxylation is 1. The first-order valence-corrected chi connectivity index (χ1v) is 20.3. The van der Waals surface area contributed by atoms with Crippen molar-refractivity contribution in [2.75, 3.05) is 0 Å². The molecule has 0 amide bonds. The van der Waals surface area contributed by atoms with E-state index in [4.69, 9.17) is 15.0 Å². The summed E-state index contributed by atoms with van der Waals surface area (Å²) in [6.45, 7) is 0. The Balaban J connectivity index is 1.06. The average Bonchev–Trinajstić information content (AvgIpc) is 3.59. The molecule has 0 aliphatic heterocycles. The fourth-order valence-corrected chi connectivity index (χ4v) is 9.38. The van der Waals surface area contributed by atoms with Crippen LogP contribution >= 0.6 is 0 Å². The van der Waals surface area contributed by atoms with Gasteiger partial charge in [0.2, 0.25) is 0 Å². The van der Waals surface area contributed by atoms with Crippen LogP contribution in [-0.4, -0.2) is 19.5 Å². The molecule has 12 rings (SSSR count). The van der Waals surface area contributed by atoms with Gasteiger partial charge >= 0.3 is 0 Å². The van der Waals surface area contributed by atoms with E-state index in [9.17, 15) is 0 Å². The molecule has 0 spiro atoms. The summed E-state index contributed by atoms with van der Waals surface area (Å²) < 4.78 is 2.43. The number of nitrogens with zero attached hydrogens (tertiary/aromatic N) is 4. The van der Waals surface area contributed by atoms with Crippen LogP contribution in [0.25, 0.3) is 89.7 Å². The molecule has 2 heterocycles. The molecular formula is C55H36N4. The Bertz CT molecular complexity index is 3340. The molecule has 8 aromatic carbocycles. The van der Waals surface area contributed by atoms with Gasteiger partial charge in [0.05, 0.1) is 11.0 Å². The number of fused-ring (bicyclic) bond motifs is 1. The molecule has 2 aromatic heterocycles. The Morgan fingerprint density at radius 3 is 1.64 bits per heavy atom. The van der Waals surface area contributed by atoms with E-state index in [1.807, 2.05) is 18.2 Å². The van der Waals surface area contributed by atoms with Gasteiger partial charge in [0.1, 0.15) is 0 Å². The van der Waals surface area contributed by atoms with Crippen LogP contribution in [-0.2, 0) is 6.42 Å². The van der Waals surface area contributed by atoms with Crippen molar-refractivity contribution in [3.05, 3.63) is 221 Å². The van der Waals surface area contributed by atoms with Gasteiger partial charge in [0, 0.05) is 33.2 Å². The van der Waals surface area contributed by atoms with Crippen LogP contribution in [0.15, 0.2) is 188 Å². The van der Waals surface area contributed by atoms with Crippen LogP contribution in [0.4, 0.5) is 0 Å². The van der Waals surface area contributed by atoms with Crippen molar-refractivity contribution in [1.29, 1.82) is 0 Å². The minimum atomic E-state index is 0.652. The quantitative estimate of drug-likeness (QED) is 0.170. The fourth-order valence-electron chi connectivity index (χ4n) is 9.38. The van der Waals surface area contributed by atoms with Gasteiger partial charge in [-0.1, -0.05) is 152 Å². The van der Waals surface area contributed by atoms with E-state index in [0.29, 0.717) is 17.5 Å². The topological polar surface area (TPSA) is 43.6 Å². The summed E-state index contributed by atoms with van der Waals surface area (Å²) in [6.07, 6.45) is 6.52. The van der Waals surface area contributed by atoms with Gasteiger partial charge in [-0.2, -0.15) is 0 Å². The van der Waals surface area contributed by atoms with Crippen molar-refractivity contribution in [1.82, 2.24) is 19.5 Å². The maximum absolute atomic E-state index is 5.12. The number of hydrogen-bond acceptors (Lipinski definition) is 3. The third kappa shape index (κ3) is 5.41. The number of allylic oxidation sites excluding steroid dienone is 1. The predicted molar refractivity (Wildman–Crippen MR) is 243 cm³/mol. The van der Waals surface area contributed by atoms with Gasteiger partial charge in [-0.15, -0.1) is 0 Å². The molecule has 0 radical (unpaired) electrons. The summed E-state index contributed by atoms with van der Waals surface area (Å²) >= 11 is 0. The molecule has 0 fully saturated rings. The van der Waals surface area contributed by atoms with Crippen molar-refractivity contribution in [2.45, 2.75) is 12.8 Å². The largest absolute Gasteiger partial charge is 0.309 e. The Morgan fingerprint density at radius 2 is 0.966 bits per heavy atom. The molecule has 4 heteroatoms. The number of aromatic nitrogens is 4. The van der Waals surface area contributed by atoms with Gasteiger partial charge < -0.3 is 4.57 Å². The Kier molecular flexibility index (Phi) is 7.63. The highest BCUT2D eigenvalue weighted by atomic mass is 15.0. The second-order valence-corrected chi connectivity index (χ2v) is 15.5. The number of rotatable bonds is 6. The third-order valence-electron chi connectivity index (χ3n) is 12.0. The number of benzene rings is 8. The zero-order valence-corrected chi connectivity index (χ0v) is 32.2. The van der Waals surface area contributed by atoms with Gasteiger partial charge in [-0.3, -0.25) is 0 Å². The minimum absolute atomic E-state index is 0.652. The standard InChI is InChI=1S/C55H36N4/c1-4-15-36(16-5-1)48-44-23-12-22-38-30-33-47-52(50(38)44)51-45(49(48)37-17-6-2-7-18-37)24-13-25-46(51)59(47)43-31-28-40(29-32-43)54-56-53(39-19-8-3-9-20-39)57-55(58-54)42-27-26-35-14-10-11-21-41(35)34-42/h1-10,12-20,22-34H,11,21H2. The zero-order valence-electron chi connectivity index (χ0n) is 32.2. The third-order valence-corrected chi connectivity index (χ3v) is 12.0. The summed E-state index contributed by atoms with van der Waals surface area (Å²) in [5, 5.41) is 5.07. The first-order valence-electron chi connectivity index (χ1n) is 20.3. The van der Waals surface area contributed by atoms with E-state index in [2.05, 4.69) is 181 Å².